The monoisotopic (exact) mass is 406 g/mol. The molecule has 1 amide bonds. The molecule has 0 saturated carbocycles. The fraction of sp³-hybridized carbons (Fsp3) is 0.350. The number of methoxy groups -OCH3 is 1. The Balaban J connectivity index is 2.36. The maximum atomic E-state index is 12.7. The SMILES string of the molecule is COc1ccc(C(=O)Nc2ccccc2OC(C)C)cc1S(=O)(=O)NC(C)C. The minimum Gasteiger partial charge on any atom is -0.495 e. The molecule has 7 nitrogen and oxygen atoms in total. The summed E-state index contributed by atoms with van der Waals surface area (Å²) in [5, 5.41) is 2.77. The Morgan fingerprint density at radius 3 is 2.29 bits per heavy atom. The van der Waals surface area contributed by atoms with Gasteiger partial charge in [0.05, 0.1) is 18.9 Å². The highest BCUT2D eigenvalue weighted by Crippen LogP contribution is 2.28. The van der Waals surface area contributed by atoms with Gasteiger partial charge in [-0.3, -0.25) is 4.79 Å². The first-order valence-electron chi connectivity index (χ1n) is 8.91. The highest BCUT2D eigenvalue weighted by molar-refractivity contribution is 7.89. The Labute approximate surface area is 166 Å². The Morgan fingerprint density at radius 2 is 1.68 bits per heavy atom. The number of anilines is 1. The number of hydrogen-bond acceptors (Lipinski definition) is 5. The number of rotatable bonds is 8. The maximum absolute atomic E-state index is 12.7. The van der Waals surface area contributed by atoms with Crippen molar-refractivity contribution < 1.29 is 22.7 Å². The van der Waals surface area contributed by atoms with Crippen LogP contribution < -0.4 is 19.5 Å². The summed E-state index contributed by atoms with van der Waals surface area (Å²) in [5.41, 5.74) is 0.686. The molecule has 0 saturated heterocycles. The molecule has 0 aliphatic carbocycles. The van der Waals surface area contributed by atoms with Crippen molar-refractivity contribution in [2.45, 2.75) is 44.7 Å². The minimum atomic E-state index is -3.83. The van der Waals surface area contributed by atoms with E-state index >= 15 is 0 Å². The molecule has 0 heterocycles. The number of ether oxygens (including phenoxy) is 2. The van der Waals surface area contributed by atoms with Gasteiger partial charge >= 0.3 is 0 Å². The van der Waals surface area contributed by atoms with Crippen molar-refractivity contribution in [1.82, 2.24) is 4.72 Å². The number of hydrogen-bond donors (Lipinski definition) is 2. The van der Waals surface area contributed by atoms with Crippen molar-refractivity contribution >= 4 is 21.6 Å². The second-order valence-electron chi connectivity index (χ2n) is 6.76. The molecular weight excluding hydrogens is 380 g/mol. The van der Waals surface area contributed by atoms with Crippen molar-refractivity contribution in [3.05, 3.63) is 48.0 Å². The van der Waals surface area contributed by atoms with E-state index in [1.54, 1.807) is 32.0 Å². The molecule has 2 aromatic rings. The van der Waals surface area contributed by atoms with Gasteiger partial charge in [0.2, 0.25) is 10.0 Å². The van der Waals surface area contributed by atoms with Crippen molar-refractivity contribution in [2.24, 2.45) is 0 Å². The Morgan fingerprint density at radius 1 is 1.00 bits per heavy atom. The van der Waals surface area contributed by atoms with Gasteiger partial charge in [-0.2, -0.15) is 0 Å². The van der Waals surface area contributed by atoms with Crippen molar-refractivity contribution in [2.75, 3.05) is 12.4 Å². The smallest absolute Gasteiger partial charge is 0.255 e. The molecule has 2 aromatic carbocycles. The van der Waals surface area contributed by atoms with Gasteiger partial charge in [-0.1, -0.05) is 12.1 Å². The summed E-state index contributed by atoms with van der Waals surface area (Å²) < 4.78 is 38.5. The third-order valence-electron chi connectivity index (χ3n) is 3.60. The van der Waals surface area contributed by atoms with Crippen molar-refractivity contribution in [1.29, 1.82) is 0 Å². The molecule has 0 spiro atoms. The summed E-state index contributed by atoms with van der Waals surface area (Å²) in [6.45, 7) is 7.21. The molecule has 0 bridgehead atoms. The zero-order chi connectivity index (χ0) is 20.9. The van der Waals surface area contributed by atoms with E-state index in [4.69, 9.17) is 9.47 Å². The van der Waals surface area contributed by atoms with Crippen LogP contribution in [0.15, 0.2) is 47.4 Å². The topological polar surface area (TPSA) is 93.7 Å². The van der Waals surface area contributed by atoms with E-state index in [0.29, 0.717) is 11.4 Å². The first-order valence-corrected chi connectivity index (χ1v) is 10.4. The van der Waals surface area contributed by atoms with E-state index < -0.39 is 15.9 Å². The minimum absolute atomic E-state index is 0.0575. The highest BCUT2D eigenvalue weighted by atomic mass is 32.2. The molecule has 2 N–H and O–H groups in total. The third kappa shape index (κ3) is 5.46. The van der Waals surface area contributed by atoms with Gasteiger partial charge in [0, 0.05) is 11.6 Å². The predicted molar refractivity (Wildman–Crippen MR) is 109 cm³/mol. The lowest BCUT2D eigenvalue weighted by atomic mass is 10.2. The van der Waals surface area contributed by atoms with Crippen molar-refractivity contribution in [3.63, 3.8) is 0 Å². The van der Waals surface area contributed by atoms with Crippen molar-refractivity contribution in [3.8, 4) is 11.5 Å². The Hall–Kier alpha value is -2.58. The average molecular weight is 407 g/mol. The second kappa shape index (κ2) is 9.07. The van der Waals surface area contributed by atoms with Gasteiger partial charge in [0.1, 0.15) is 16.4 Å². The van der Waals surface area contributed by atoms with Crippen LogP contribution in [0.5, 0.6) is 11.5 Å². The first kappa shape index (κ1) is 21.7. The van der Waals surface area contributed by atoms with Crippen LogP contribution in [0.3, 0.4) is 0 Å². The van der Waals surface area contributed by atoms with Gasteiger partial charge in [0.15, 0.2) is 0 Å². The van der Waals surface area contributed by atoms with Gasteiger partial charge in [-0.15, -0.1) is 0 Å². The van der Waals surface area contributed by atoms with Crippen LogP contribution >= 0.6 is 0 Å². The molecule has 0 radical (unpaired) electrons. The molecular formula is C20H26N2O5S. The van der Waals surface area contributed by atoms with Gasteiger partial charge in [0.25, 0.3) is 5.91 Å². The van der Waals surface area contributed by atoms with Crippen LogP contribution in [0, 0.1) is 0 Å². The number of sulfonamides is 1. The molecule has 0 unspecified atom stereocenters. The molecule has 0 aromatic heterocycles. The molecule has 8 heteroatoms. The quantitative estimate of drug-likeness (QED) is 0.701. The highest BCUT2D eigenvalue weighted by Gasteiger charge is 2.23. The van der Waals surface area contributed by atoms with Gasteiger partial charge in [-0.25, -0.2) is 13.1 Å². The number of carbonyl (C=O) groups is 1. The van der Waals surface area contributed by atoms with Crippen LogP contribution in [0.25, 0.3) is 0 Å². The summed E-state index contributed by atoms with van der Waals surface area (Å²) in [5.74, 6) is 0.241. The molecule has 28 heavy (non-hydrogen) atoms. The lowest BCUT2D eigenvalue weighted by Gasteiger charge is -2.16. The standard InChI is InChI=1S/C20H26N2O5S/c1-13(2)22-28(24,25)19-12-15(10-11-18(19)26-5)20(23)21-16-8-6-7-9-17(16)27-14(3)4/h6-14,22H,1-5H3,(H,21,23). The number of carbonyl (C=O) groups excluding carboxylic acids is 1. The second-order valence-corrected chi connectivity index (χ2v) is 8.44. The summed E-state index contributed by atoms with van der Waals surface area (Å²) in [6.07, 6.45) is -0.0575. The summed E-state index contributed by atoms with van der Waals surface area (Å²) in [7, 11) is -2.46. The van der Waals surface area contributed by atoms with Crippen LogP contribution in [0.4, 0.5) is 5.69 Å². The van der Waals surface area contributed by atoms with Crippen LogP contribution in [0.1, 0.15) is 38.1 Å². The molecule has 0 aliphatic heterocycles. The van der Waals surface area contributed by atoms with Crippen LogP contribution in [-0.4, -0.2) is 33.6 Å². The van der Waals surface area contributed by atoms with E-state index in [1.165, 1.54) is 25.3 Å². The van der Waals surface area contributed by atoms with Crippen LogP contribution in [-0.2, 0) is 10.0 Å². The van der Waals surface area contributed by atoms with Gasteiger partial charge in [-0.05, 0) is 58.0 Å². The Kier molecular flexibility index (Phi) is 7.04. The van der Waals surface area contributed by atoms with E-state index in [-0.39, 0.29) is 28.4 Å². The van der Waals surface area contributed by atoms with Gasteiger partial charge < -0.3 is 14.8 Å². The van der Waals surface area contributed by atoms with E-state index in [0.717, 1.165) is 0 Å². The Bertz CT molecular complexity index is 939. The molecule has 0 atom stereocenters. The normalized spacial score (nSPS) is 11.5. The first-order chi connectivity index (χ1) is 13.1. The lowest BCUT2D eigenvalue weighted by molar-refractivity contribution is 0.102. The summed E-state index contributed by atoms with van der Waals surface area (Å²) in [4.78, 5) is 12.6. The molecule has 0 fully saturated rings. The summed E-state index contributed by atoms with van der Waals surface area (Å²) in [6, 6.07) is 11.0. The largest absolute Gasteiger partial charge is 0.495 e. The summed E-state index contributed by atoms with van der Waals surface area (Å²) >= 11 is 0. The predicted octanol–water partition coefficient (Wildman–Crippen LogP) is 3.42. The molecule has 0 aliphatic rings. The maximum Gasteiger partial charge on any atom is 0.255 e. The molecule has 152 valence electrons. The fourth-order valence-electron chi connectivity index (χ4n) is 2.52. The number of nitrogens with one attached hydrogen (secondary N) is 2. The lowest BCUT2D eigenvalue weighted by Crippen LogP contribution is -2.30. The zero-order valence-corrected chi connectivity index (χ0v) is 17.5. The number of benzene rings is 2. The van der Waals surface area contributed by atoms with E-state index in [9.17, 15) is 13.2 Å². The fourth-order valence-corrected chi connectivity index (χ4v) is 3.97. The average Bonchev–Trinajstić information content (AvgIpc) is 2.61. The van der Waals surface area contributed by atoms with E-state index in [1.807, 2.05) is 19.9 Å². The third-order valence-corrected chi connectivity index (χ3v) is 5.28. The van der Waals surface area contributed by atoms with Crippen LogP contribution in [0.2, 0.25) is 0 Å². The number of amides is 1. The zero-order valence-electron chi connectivity index (χ0n) is 16.6. The van der Waals surface area contributed by atoms with E-state index in [2.05, 4.69) is 10.0 Å². The number of para-hydroxylation sites is 2. The molecule has 2 rings (SSSR count).